The smallest absolute Gasteiger partial charge is 0.359 e. The summed E-state index contributed by atoms with van der Waals surface area (Å²) in [6, 6.07) is 22.4. The molecule has 0 spiro atoms. The van der Waals surface area contributed by atoms with Gasteiger partial charge in [-0.15, -0.1) is 0 Å². The monoisotopic (exact) mass is 478 g/mol. The van der Waals surface area contributed by atoms with Crippen molar-refractivity contribution in [3.8, 4) is 11.3 Å². The zero-order valence-corrected chi connectivity index (χ0v) is 20.9. The molecule has 1 aliphatic heterocycles. The number of nitrogens with one attached hydrogen (secondary N) is 1. The number of nitrogens with zero attached hydrogens (tertiary/aromatic N) is 4. The highest BCUT2D eigenvalue weighted by atomic mass is 16.2. The number of aromatic nitrogens is 3. The lowest BCUT2D eigenvalue weighted by atomic mass is 10.1. The van der Waals surface area contributed by atoms with Gasteiger partial charge in [-0.1, -0.05) is 42.5 Å². The van der Waals surface area contributed by atoms with Crippen LogP contribution in [0.4, 0.5) is 11.5 Å². The molecule has 1 unspecified atom stereocenters. The van der Waals surface area contributed by atoms with Crippen LogP contribution in [0.5, 0.6) is 0 Å². The number of aryl methyl sites for hydroxylation is 2. The van der Waals surface area contributed by atoms with Gasteiger partial charge in [0.2, 0.25) is 0 Å². The normalized spacial score (nSPS) is 14.4. The highest BCUT2D eigenvalue weighted by Gasteiger charge is 2.40. The van der Waals surface area contributed by atoms with Crippen molar-refractivity contribution in [2.75, 3.05) is 23.3 Å². The first-order chi connectivity index (χ1) is 17.7. The molecule has 0 radical (unpaired) electrons. The van der Waals surface area contributed by atoms with Crippen LogP contribution in [0.3, 0.4) is 0 Å². The fourth-order valence-electron chi connectivity index (χ4n) is 4.82. The number of pyridine rings is 1. The summed E-state index contributed by atoms with van der Waals surface area (Å²) in [7, 11) is 0. The molecule has 0 aliphatic carbocycles. The third-order valence-corrected chi connectivity index (χ3v) is 6.84. The van der Waals surface area contributed by atoms with Crippen LogP contribution in [0.2, 0.25) is 0 Å². The Bertz CT molecular complexity index is 1320. The maximum atomic E-state index is 13.5. The number of carbonyl (C=O) groups is 1. The van der Waals surface area contributed by atoms with Gasteiger partial charge in [-0.05, 0) is 55.7 Å². The Labute approximate surface area is 212 Å². The summed E-state index contributed by atoms with van der Waals surface area (Å²) < 4.78 is 1.77. The van der Waals surface area contributed by atoms with Crippen molar-refractivity contribution in [1.82, 2.24) is 9.97 Å². The lowest BCUT2D eigenvalue weighted by Crippen LogP contribution is -2.44. The molecule has 0 saturated carbocycles. The number of rotatable bonds is 9. The van der Waals surface area contributed by atoms with E-state index >= 15 is 0 Å². The largest absolute Gasteiger partial charge is 0.372 e. The third kappa shape index (κ3) is 4.98. The first-order valence-electron chi connectivity index (χ1n) is 12.7. The van der Waals surface area contributed by atoms with E-state index in [0.717, 1.165) is 54.3 Å². The first-order valence-corrected chi connectivity index (χ1v) is 12.7. The average Bonchev–Trinajstić information content (AvgIpc) is 3.24. The second-order valence-corrected chi connectivity index (χ2v) is 9.09. The third-order valence-electron chi connectivity index (χ3n) is 6.84. The number of hydrogen-bond donors (Lipinski definition) is 1. The summed E-state index contributed by atoms with van der Waals surface area (Å²) in [5, 5.41) is 3.49. The van der Waals surface area contributed by atoms with Crippen LogP contribution in [-0.4, -0.2) is 35.0 Å². The van der Waals surface area contributed by atoms with Crippen molar-refractivity contribution in [1.29, 1.82) is 0 Å². The molecule has 36 heavy (non-hydrogen) atoms. The Hall–Kier alpha value is -4.06. The summed E-state index contributed by atoms with van der Waals surface area (Å²) in [6.45, 7) is 6.25. The van der Waals surface area contributed by atoms with Crippen molar-refractivity contribution >= 4 is 17.4 Å². The Kier molecular flexibility index (Phi) is 7.03. The van der Waals surface area contributed by atoms with Gasteiger partial charge in [0.15, 0.2) is 6.04 Å². The van der Waals surface area contributed by atoms with Crippen LogP contribution in [0.25, 0.3) is 11.3 Å². The van der Waals surface area contributed by atoms with Gasteiger partial charge < -0.3 is 4.90 Å². The van der Waals surface area contributed by atoms with Crippen molar-refractivity contribution < 1.29 is 9.36 Å². The van der Waals surface area contributed by atoms with E-state index < -0.39 is 0 Å². The number of benzene rings is 2. The Morgan fingerprint density at radius 1 is 0.889 bits per heavy atom. The minimum atomic E-state index is -0.311. The van der Waals surface area contributed by atoms with Crippen LogP contribution in [0.1, 0.15) is 35.5 Å². The summed E-state index contributed by atoms with van der Waals surface area (Å²) in [6.07, 6.45) is 7.70. The van der Waals surface area contributed by atoms with E-state index in [0.29, 0.717) is 6.42 Å². The van der Waals surface area contributed by atoms with E-state index in [4.69, 9.17) is 4.98 Å². The molecular weight excluding hydrogens is 446 g/mol. The Morgan fingerprint density at radius 3 is 2.31 bits per heavy atom. The van der Waals surface area contributed by atoms with Gasteiger partial charge in [-0.25, -0.2) is 9.78 Å². The minimum Gasteiger partial charge on any atom is -0.372 e. The van der Waals surface area contributed by atoms with E-state index in [1.165, 1.54) is 11.3 Å². The molecule has 1 atom stereocenters. The summed E-state index contributed by atoms with van der Waals surface area (Å²) in [5.41, 5.74) is 6.24. The fraction of sp³-hybridized carbons (Fsp3) is 0.267. The van der Waals surface area contributed by atoms with E-state index in [9.17, 15) is 4.79 Å². The molecule has 4 aromatic rings. The molecule has 0 fully saturated rings. The predicted molar refractivity (Wildman–Crippen MR) is 143 cm³/mol. The SMILES string of the molecule is CCN(CC)c1ccc(-c2c[n+]3c(c(CCc4ccncc4)n2)NC(Cc2ccccc2)C3=O)cc1. The van der Waals surface area contributed by atoms with Crippen molar-refractivity contribution in [2.45, 2.75) is 39.2 Å². The molecule has 1 N–H and O–H groups in total. The molecule has 0 bridgehead atoms. The van der Waals surface area contributed by atoms with Crippen molar-refractivity contribution in [3.63, 3.8) is 0 Å². The molecule has 1 aliphatic rings. The second-order valence-electron chi connectivity index (χ2n) is 9.09. The van der Waals surface area contributed by atoms with E-state index in [1.54, 1.807) is 4.57 Å². The maximum absolute atomic E-state index is 13.5. The van der Waals surface area contributed by atoms with Gasteiger partial charge >= 0.3 is 11.7 Å². The van der Waals surface area contributed by atoms with Crippen LogP contribution in [-0.2, 0) is 19.3 Å². The van der Waals surface area contributed by atoms with Crippen LogP contribution >= 0.6 is 0 Å². The Balaban J connectivity index is 1.48. The molecule has 182 valence electrons. The summed E-state index contributed by atoms with van der Waals surface area (Å²) in [4.78, 5) is 25.0. The standard InChI is InChI=1S/C30H31N5O/c1-3-34(4-2)25-13-11-24(12-14-25)28-21-35-29(26(32-28)15-10-22-16-18-31-19-17-22)33-27(30(35)36)20-23-8-6-5-7-9-23/h5-9,11-14,16-19,21,27H,3-4,10,15,20H2,1-2H3/p+1. The van der Waals surface area contributed by atoms with Crippen molar-refractivity contribution in [3.05, 3.63) is 102 Å². The maximum Gasteiger partial charge on any atom is 0.359 e. The first kappa shape index (κ1) is 23.7. The van der Waals surface area contributed by atoms with Gasteiger partial charge in [0, 0.05) is 49.6 Å². The molecule has 0 saturated heterocycles. The molecule has 5 rings (SSSR count). The molecule has 0 amide bonds. The predicted octanol–water partition coefficient (Wildman–Crippen LogP) is 4.74. The molecular formula is C30H32N5O+. The molecule has 3 heterocycles. The molecule has 2 aromatic heterocycles. The van der Waals surface area contributed by atoms with E-state index in [2.05, 4.69) is 65.4 Å². The summed E-state index contributed by atoms with van der Waals surface area (Å²) in [5.74, 6) is 0.862. The molecule has 6 heteroatoms. The molecule has 2 aromatic carbocycles. The van der Waals surface area contributed by atoms with Crippen LogP contribution in [0, 0.1) is 0 Å². The second kappa shape index (κ2) is 10.7. The zero-order valence-electron chi connectivity index (χ0n) is 20.9. The number of fused-ring (bicyclic) bond motifs is 1. The highest BCUT2D eigenvalue weighted by molar-refractivity contribution is 5.82. The van der Waals surface area contributed by atoms with Gasteiger partial charge in [-0.2, -0.15) is 4.57 Å². The van der Waals surface area contributed by atoms with Gasteiger partial charge in [0.05, 0.1) is 0 Å². The highest BCUT2D eigenvalue weighted by Crippen LogP contribution is 2.26. The van der Waals surface area contributed by atoms with Crippen molar-refractivity contribution in [2.24, 2.45) is 0 Å². The van der Waals surface area contributed by atoms with E-state index in [-0.39, 0.29) is 11.9 Å². The fourth-order valence-corrected chi connectivity index (χ4v) is 4.82. The zero-order chi connectivity index (χ0) is 24.9. The lowest BCUT2D eigenvalue weighted by Gasteiger charge is -2.21. The van der Waals surface area contributed by atoms with Gasteiger partial charge in [-0.3, -0.25) is 10.3 Å². The van der Waals surface area contributed by atoms with Crippen LogP contribution < -0.4 is 14.8 Å². The lowest BCUT2D eigenvalue weighted by molar-refractivity contribution is -0.552. The average molecular weight is 479 g/mol. The van der Waals surface area contributed by atoms with Gasteiger partial charge in [0.25, 0.3) is 0 Å². The Morgan fingerprint density at radius 2 is 1.61 bits per heavy atom. The number of hydrogen-bond acceptors (Lipinski definition) is 5. The van der Waals surface area contributed by atoms with Gasteiger partial charge in [0.1, 0.15) is 17.6 Å². The van der Waals surface area contributed by atoms with E-state index in [1.807, 2.05) is 48.9 Å². The topological polar surface area (TPSA) is 62.0 Å². The quantitative estimate of drug-likeness (QED) is 0.352. The summed E-state index contributed by atoms with van der Waals surface area (Å²) >= 11 is 0. The van der Waals surface area contributed by atoms with Crippen LogP contribution in [0.15, 0.2) is 85.3 Å². The molecule has 6 nitrogen and oxygen atoms in total. The number of carbonyl (C=O) groups excluding carboxylic acids is 1. The number of anilines is 2. The minimum absolute atomic E-state index is 0.0578.